The number of hydrogen-bond donors (Lipinski definition) is 4. The molecule has 3 aromatic carbocycles. The Balaban J connectivity index is 1.19. The normalized spacial score (nSPS) is 15.5. The summed E-state index contributed by atoms with van der Waals surface area (Å²) in [6.45, 7) is 2.55. The minimum absolute atomic E-state index is 0.173. The van der Waals surface area contributed by atoms with Crippen LogP contribution in [0.3, 0.4) is 0 Å². The largest absolute Gasteiger partial charge is 0.508 e. The average Bonchev–Trinajstić information content (AvgIpc) is 2.91. The zero-order valence-corrected chi connectivity index (χ0v) is 20.9. The number of aliphatic hydroxyl groups excluding tert-OH is 1. The molecule has 4 rings (SSSR count). The van der Waals surface area contributed by atoms with E-state index >= 15 is 0 Å². The molecule has 8 nitrogen and oxygen atoms in total. The SMILES string of the molecule is O=S(=O)(NCc1ccccc1)c1ccc(N2CCC(NC[C@H](O)COc3ccc(O)cc3)CC2)cc1. The van der Waals surface area contributed by atoms with Crippen LogP contribution in [-0.4, -0.2) is 57.0 Å². The number of sulfonamides is 1. The highest BCUT2D eigenvalue weighted by atomic mass is 32.2. The first-order valence-electron chi connectivity index (χ1n) is 12.1. The number of rotatable bonds is 11. The topological polar surface area (TPSA) is 111 Å². The van der Waals surface area contributed by atoms with Crippen LogP contribution in [0.4, 0.5) is 5.69 Å². The van der Waals surface area contributed by atoms with Gasteiger partial charge in [-0.25, -0.2) is 13.1 Å². The number of anilines is 1. The summed E-state index contributed by atoms with van der Waals surface area (Å²) >= 11 is 0. The zero-order chi connectivity index (χ0) is 25.4. The van der Waals surface area contributed by atoms with E-state index in [1.54, 1.807) is 36.4 Å². The molecule has 0 aromatic heterocycles. The van der Waals surface area contributed by atoms with Gasteiger partial charge in [-0.3, -0.25) is 0 Å². The van der Waals surface area contributed by atoms with Gasteiger partial charge in [-0.2, -0.15) is 0 Å². The summed E-state index contributed by atoms with van der Waals surface area (Å²) in [6, 6.07) is 23.2. The second-order valence-electron chi connectivity index (χ2n) is 8.93. The summed E-state index contributed by atoms with van der Waals surface area (Å²) in [4.78, 5) is 2.50. The minimum atomic E-state index is -3.58. The summed E-state index contributed by atoms with van der Waals surface area (Å²) in [7, 11) is -3.58. The number of hydrogen-bond acceptors (Lipinski definition) is 7. The molecular weight excluding hydrogens is 478 g/mol. The van der Waals surface area contributed by atoms with Crippen molar-refractivity contribution in [1.29, 1.82) is 0 Å². The number of phenolic OH excluding ortho intramolecular Hbond substituents is 1. The standard InChI is InChI=1S/C27H33N3O5S/c31-24-8-10-26(11-9-24)35-20-25(32)19-28-22-14-16-30(17-15-22)23-6-12-27(13-7-23)36(33,34)29-18-21-4-2-1-3-5-21/h1-13,22,25,28-29,31-32H,14-20H2/t25-/m0/s1. The lowest BCUT2D eigenvalue weighted by Gasteiger charge is -2.34. The molecule has 0 radical (unpaired) electrons. The monoisotopic (exact) mass is 511 g/mol. The summed E-state index contributed by atoms with van der Waals surface area (Å²) in [5.41, 5.74) is 1.91. The van der Waals surface area contributed by atoms with Crippen LogP contribution < -0.4 is 19.7 Å². The van der Waals surface area contributed by atoms with Crippen LogP contribution in [0.2, 0.25) is 0 Å². The zero-order valence-electron chi connectivity index (χ0n) is 20.1. The van der Waals surface area contributed by atoms with Crippen molar-refractivity contribution in [3.8, 4) is 11.5 Å². The fourth-order valence-electron chi connectivity index (χ4n) is 4.13. The first-order valence-corrected chi connectivity index (χ1v) is 13.6. The molecule has 1 atom stereocenters. The number of piperidine rings is 1. The maximum Gasteiger partial charge on any atom is 0.240 e. The third-order valence-electron chi connectivity index (χ3n) is 6.24. The molecule has 3 aromatic rings. The maximum absolute atomic E-state index is 12.6. The molecule has 1 fully saturated rings. The highest BCUT2D eigenvalue weighted by molar-refractivity contribution is 7.89. The Hall–Kier alpha value is -3.11. The Bertz CT molecular complexity index is 1180. The fourth-order valence-corrected chi connectivity index (χ4v) is 5.15. The van der Waals surface area contributed by atoms with E-state index in [1.807, 2.05) is 42.5 Å². The molecule has 0 aliphatic carbocycles. The van der Waals surface area contributed by atoms with Gasteiger partial charge in [-0.15, -0.1) is 0 Å². The molecule has 1 aliphatic heterocycles. The van der Waals surface area contributed by atoms with Crippen molar-refractivity contribution in [2.24, 2.45) is 0 Å². The molecule has 0 bridgehead atoms. The van der Waals surface area contributed by atoms with Crippen LogP contribution in [0.15, 0.2) is 83.8 Å². The van der Waals surface area contributed by atoms with Crippen LogP contribution >= 0.6 is 0 Å². The average molecular weight is 512 g/mol. The van der Waals surface area contributed by atoms with Crippen molar-refractivity contribution in [3.05, 3.63) is 84.4 Å². The number of aromatic hydroxyl groups is 1. The molecule has 192 valence electrons. The smallest absolute Gasteiger partial charge is 0.240 e. The molecule has 0 amide bonds. The lowest BCUT2D eigenvalue weighted by atomic mass is 10.0. The Labute approximate surface area is 212 Å². The summed E-state index contributed by atoms with van der Waals surface area (Å²) < 4.78 is 33.5. The van der Waals surface area contributed by atoms with Crippen LogP contribution in [0.5, 0.6) is 11.5 Å². The first-order chi connectivity index (χ1) is 17.4. The van der Waals surface area contributed by atoms with E-state index in [0.717, 1.165) is 37.2 Å². The second kappa shape index (κ2) is 12.2. The van der Waals surface area contributed by atoms with Gasteiger partial charge >= 0.3 is 0 Å². The number of benzene rings is 3. The van der Waals surface area contributed by atoms with Crippen molar-refractivity contribution < 1.29 is 23.4 Å². The second-order valence-corrected chi connectivity index (χ2v) is 10.7. The molecule has 0 spiro atoms. The Morgan fingerprint density at radius 2 is 1.61 bits per heavy atom. The molecule has 1 heterocycles. The van der Waals surface area contributed by atoms with E-state index in [0.29, 0.717) is 18.3 Å². The van der Waals surface area contributed by atoms with Gasteiger partial charge in [-0.05, 0) is 66.9 Å². The van der Waals surface area contributed by atoms with Crippen molar-refractivity contribution >= 4 is 15.7 Å². The highest BCUT2D eigenvalue weighted by Gasteiger charge is 2.21. The molecule has 1 aliphatic rings. The lowest BCUT2D eigenvalue weighted by molar-refractivity contribution is 0.102. The molecule has 36 heavy (non-hydrogen) atoms. The van der Waals surface area contributed by atoms with Crippen molar-refractivity contribution in [3.63, 3.8) is 0 Å². The van der Waals surface area contributed by atoms with Crippen LogP contribution in [0.25, 0.3) is 0 Å². The third-order valence-corrected chi connectivity index (χ3v) is 7.65. The lowest BCUT2D eigenvalue weighted by Crippen LogP contribution is -2.45. The first kappa shape index (κ1) is 26.0. The van der Waals surface area contributed by atoms with Crippen LogP contribution in [0, 0.1) is 0 Å². The summed E-state index contributed by atoms with van der Waals surface area (Å²) in [5.74, 6) is 0.777. The Kier molecular flexibility index (Phi) is 8.82. The molecule has 9 heteroatoms. The molecular formula is C27H33N3O5S. The Morgan fingerprint density at radius 3 is 2.28 bits per heavy atom. The van der Waals surface area contributed by atoms with Gasteiger partial charge in [0.1, 0.15) is 24.2 Å². The maximum atomic E-state index is 12.6. The molecule has 1 saturated heterocycles. The van der Waals surface area contributed by atoms with E-state index < -0.39 is 16.1 Å². The third kappa shape index (κ3) is 7.44. The highest BCUT2D eigenvalue weighted by Crippen LogP contribution is 2.22. The fraction of sp³-hybridized carbons (Fsp3) is 0.333. The van der Waals surface area contributed by atoms with Crippen molar-refractivity contribution in [1.82, 2.24) is 10.0 Å². The van der Waals surface area contributed by atoms with Gasteiger partial charge in [0.05, 0.1) is 4.90 Å². The molecule has 4 N–H and O–H groups in total. The quantitative estimate of drug-likeness (QED) is 0.313. The molecule has 0 saturated carbocycles. The van der Waals surface area contributed by atoms with Gasteiger partial charge in [-0.1, -0.05) is 30.3 Å². The van der Waals surface area contributed by atoms with Crippen molar-refractivity contribution in [2.75, 3.05) is 31.1 Å². The minimum Gasteiger partial charge on any atom is -0.508 e. The number of nitrogens with zero attached hydrogens (tertiary/aromatic N) is 1. The number of nitrogens with one attached hydrogen (secondary N) is 2. The summed E-state index contributed by atoms with van der Waals surface area (Å²) in [6.07, 6.45) is 1.20. The van der Waals surface area contributed by atoms with Crippen LogP contribution in [-0.2, 0) is 16.6 Å². The van der Waals surface area contributed by atoms with Gasteiger partial charge in [0.2, 0.25) is 10.0 Å². The van der Waals surface area contributed by atoms with E-state index in [9.17, 15) is 18.6 Å². The number of aliphatic hydroxyl groups is 1. The van der Waals surface area contributed by atoms with Gasteiger partial charge in [0.25, 0.3) is 0 Å². The van der Waals surface area contributed by atoms with E-state index in [1.165, 1.54) is 0 Å². The van der Waals surface area contributed by atoms with Gasteiger partial charge in [0, 0.05) is 37.9 Å². The van der Waals surface area contributed by atoms with E-state index in [4.69, 9.17) is 4.74 Å². The Morgan fingerprint density at radius 1 is 0.944 bits per heavy atom. The van der Waals surface area contributed by atoms with Crippen LogP contribution in [0.1, 0.15) is 18.4 Å². The molecule has 0 unspecified atom stereocenters. The predicted octanol–water partition coefficient (Wildman–Crippen LogP) is 2.87. The van der Waals surface area contributed by atoms with Crippen molar-refractivity contribution in [2.45, 2.75) is 36.4 Å². The number of ether oxygens (including phenoxy) is 1. The van der Waals surface area contributed by atoms with Gasteiger partial charge < -0.3 is 25.2 Å². The summed E-state index contributed by atoms with van der Waals surface area (Å²) in [5, 5.41) is 22.9. The predicted molar refractivity (Wildman–Crippen MR) is 140 cm³/mol. The van der Waals surface area contributed by atoms with E-state index in [-0.39, 0.29) is 23.8 Å². The van der Waals surface area contributed by atoms with Gasteiger partial charge in [0.15, 0.2) is 0 Å². The van der Waals surface area contributed by atoms with E-state index in [2.05, 4.69) is 14.9 Å². The number of phenols is 1.